The van der Waals surface area contributed by atoms with E-state index in [9.17, 15) is 9.18 Å². The molecule has 1 saturated heterocycles. The highest BCUT2D eigenvalue weighted by atomic mass is 19.1. The van der Waals surface area contributed by atoms with E-state index in [4.69, 9.17) is 5.73 Å². The van der Waals surface area contributed by atoms with Crippen LogP contribution < -0.4 is 16.4 Å². The van der Waals surface area contributed by atoms with E-state index < -0.39 is 11.6 Å². The van der Waals surface area contributed by atoms with Gasteiger partial charge in [0.25, 0.3) is 5.91 Å². The van der Waals surface area contributed by atoms with Gasteiger partial charge in [0.05, 0.1) is 18.4 Å². The maximum Gasteiger partial charge on any atom is 0.268 e. The molecule has 0 aliphatic carbocycles. The van der Waals surface area contributed by atoms with E-state index in [1.165, 1.54) is 0 Å². The van der Waals surface area contributed by atoms with Crippen LogP contribution in [0.25, 0.3) is 16.9 Å². The van der Waals surface area contributed by atoms with Gasteiger partial charge in [0.15, 0.2) is 11.5 Å². The first-order valence-corrected chi connectivity index (χ1v) is 8.76. The Kier molecular flexibility index (Phi) is 4.27. The molecule has 3 aromatic heterocycles. The molecule has 0 spiro atoms. The Labute approximate surface area is 154 Å². The Morgan fingerprint density at radius 3 is 2.78 bits per heavy atom. The number of fused-ring (bicyclic) bond motifs is 1. The number of hydrogen-bond donors (Lipinski definition) is 3. The van der Waals surface area contributed by atoms with Crippen LogP contribution in [0.5, 0.6) is 0 Å². The number of aromatic nitrogens is 5. The Hall–Kier alpha value is -3.01. The first kappa shape index (κ1) is 17.4. The zero-order valence-electron chi connectivity index (χ0n) is 14.9. The van der Waals surface area contributed by atoms with Gasteiger partial charge >= 0.3 is 0 Å². The van der Waals surface area contributed by atoms with Crippen LogP contribution in [0.4, 0.5) is 10.2 Å². The average molecular weight is 372 g/mol. The van der Waals surface area contributed by atoms with Crippen LogP contribution in [0.1, 0.15) is 23.3 Å². The summed E-state index contributed by atoms with van der Waals surface area (Å²) in [5.74, 6) is -0.229. The van der Waals surface area contributed by atoms with Crippen LogP contribution in [0, 0.1) is 0 Å². The van der Waals surface area contributed by atoms with Crippen LogP contribution in [0.3, 0.4) is 0 Å². The van der Waals surface area contributed by atoms with Gasteiger partial charge in [-0.1, -0.05) is 0 Å². The molecule has 4 rings (SSSR count). The van der Waals surface area contributed by atoms with Gasteiger partial charge in [0.1, 0.15) is 11.4 Å². The van der Waals surface area contributed by atoms with E-state index in [0.717, 1.165) is 5.56 Å². The Morgan fingerprint density at radius 2 is 2.11 bits per heavy atom. The van der Waals surface area contributed by atoms with Gasteiger partial charge in [-0.3, -0.25) is 9.48 Å². The van der Waals surface area contributed by atoms with E-state index in [-0.39, 0.29) is 12.2 Å². The minimum absolute atomic E-state index is 0.118. The number of halogens is 1. The molecular weight excluding hydrogens is 351 g/mol. The maximum absolute atomic E-state index is 15.0. The molecule has 10 heteroatoms. The molecule has 9 nitrogen and oxygen atoms in total. The topological polar surface area (TPSA) is 115 Å². The Morgan fingerprint density at radius 1 is 1.33 bits per heavy atom. The van der Waals surface area contributed by atoms with Gasteiger partial charge in [-0.25, -0.2) is 14.4 Å². The summed E-state index contributed by atoms with van der Waals surface area (Å²) < 4.78 is 18.3. The smallest absolute Gasteiger partial charge is 0.268 e. The summed E-state index contributed by atoms with van der Waals surface area (Å²) in [5.41, 5.74) is 6.02. The molecule has 0 aromatic carbocycles. The van der Waals surface area contributed by atoms with Gasteiger partial charge in [-0.05, 0) is 25.9 Å². The van der Waals surface area contributed by atoms with Crippen molar-refractivity contribution in [3.63, 3.8) is 0 Å². The second-order valence-corrected chi connectivity index (χ2v) is 6.85. The zero-order chi connectivity index (χ0) is 19.0. The Balaban J connectivity index is 1.72. The van der Waals surface area contributed by atoms with Crippen molar-refractivity contribution in [1.82, 2.24) is 29.5 Å². The lowest BCUT2D eigenvalue weighted by Crippen LogP contribution is -2.43. The number of alkyl halides is 1. The third-order valence-electron chi connectivity index (χ3n) is 4.76. The molecule has 1 amide bonds. The quantitative estimate of drug-likeness (QED) is 0.608. The highest BCUT2D eigenvalue weighted by molar-refractivity contribution is 5.92. The Bertz CT molecular complexity index is 988. The fourth-order valence-corrected chi connectivity index (χ4v) is 3.22. The SMILES string of the molecule is Cn1cc(-c2cn3cc(C(N)=O)nc3c(NCC3(F)CCNCC3)n2)cn1. The van der Waals surface area contributed by atoms with Gasteiger partial charge in [0.2, 0.25) is 0 Å². The number of carbonyl (C=O) groups is 1. The van der Waals surface area contributed by atoms with Crippen LogP contribution in [0.2, 0.25) is 0 Å². The van der Waals surface area contributed by atoms with Gasteiger partial charge in [-0.2, -0.15) is 5.10 Å². The number of carbonyl (C=O) groups excluding carboxylic acids is 1. The number of nitrogens with two attached hydrogens (primary N) is 1. The molecule has 1 fully saturated rings. The molecule has 0 bridgehead atoms. The van der Waals surface area contributed by atoms with Crippen molar-refractivity contribution in [2.75, 3.05) is 25.0 Å². The van der Waals surface area contributed by atoms with E-state index in [0.29, 0.717) is 43.1 Å². The zero-order valence-corrected chi connectivity index (χ0v) is 14.9. The highest BCUT2D eigenvalue weighted by Gasteiger charge is 2.31. The summed E-state index contributed by atoms with van der Waals surface area (Å²) in [6.07, 6.45) is 7.66. The number of aryl methyl sites for hydroxylation is 1. The van der Waals surface area contributed by atoms with Crippen LogP contribution in [-0.2, 0) is 7.05 Å². The fourth-order valence-electron chi connectivity index (χ4n) is 3.22. The van der Waals surface area contributed by atoms with E-state index in [1.54, 1.807) is 27.7 Å². The number of primary amides is 1. The lowest BCUT2D eigenvalue weighted by Gasteiger charge is -2.30. The molecule has 4 heterocycles. The fraction of sp³-hybridized carbons (Fsp3) is 0.412. The van der Waals surface area contributed by atoms with Crippen molar-refractivity contribution in [3.8, 4) is 11.3 Å². The highest BCUT2D eigenvalue weighted by Crippen LogP contribution is 2.26. The standard InChI is InChI=1S/C17H21FN8O/c1-25-7-11(6-22-25)12-8-26-9-13(14(19)27)24-16(26)15(23-12)21-10-17(18)2-4-20-5-3-17/h6-9,20H,2-5,10H2,1H3,(H2,19,27)(H,21,23). The van der Waals surface area contributed by atoms with Crippen LogP contribution in [-0.4, -0.2) is 55.4 Å². The van der Waals surface area contributed by atoms with Gasteiger partial charge < -0.3 is 20.8 Å². The van der Waals surface area contributed by atoms with Crippen molar-refractivity contribution in [1.29, 1.82) is 0 Å². The molecular formula is C17H21FN8O. The summed E-state index contributed by atoms with van der Waals surface area (Å²) in [6, 6.07) is 0. The maximum atomic E-state index is 15.0. The lowest BCUT2D eigenvalue weighted by atomic mass is 9.94. The predicted octanol–water partition coefficient (Wildman–Crippen LogP) is 0.732. The number of rotatable bonds is 5. The molecule has 4 N–H and O–H groups in total. The lowest BCUT2D eigenvalue weighted by molar-refractivity contribution is 0.0996. The summed E-state index contributed by atoms with van der Waals surface area (Å²) in [6.45, 7) is 1.41. The first-order valence-electron chi connectivity index (χ1n) is 8.76. The number of piperidine rings is 1. The minimum Gasteiger partial charge on any atom is -0.364 e. The average Bonchev–Trinajstić information content (AvgIpc) is 3.26. The summed E-state index contributed by atoms with van der Waals surface area (Å²) in [5, 5.41) is 10.4. The van der Waals surface area contributed by atoms with Crippen LogP contribution >= 0.6 is 0 Å². The predicted molar refractivity (Wildman–Crippen MR) is 98.1 cm³/mol. The molecule has 0 saturated carbocycles. The number of nitrogens with one attached hydrogen (secondary N) is 2. The molecule has 1 aliphatic rings. The summed E-state index contributed by atoms with van der Waals surface area (Å²) in [7, 11) is 1.81. The minimum atomic E-state index is -1.31. The largest absolute Gasteiger partial charge is 0.364 e. The third kappa shape index (κ3) is 3.47. The molecule has 0 radical (unpaired) electrons. The number of amides is 1. The molecule has 1 aliphatic heterocycles. The summed E-state index contributed by atoms with van der Waals surface area (Å²) >= 11 is 0. The normalized spacial score (nSPS) is 16.5. The number of hydrogen-bond acceptors (Lipinski definition) is 6. The van der Waals surface area contributed by atoms with E-state index in [2.05, 4.69) is 25.7 Å². The third-order valence-corrected chi connectivity index (χ3v) is 4.76. The molecule has 0 unspecified atom stereocenters. The number of imidazole rings is 1. The van der Waals surface area contributed by atoms with Gasteiger partial charge in [0, 0.05) is 31.2 Å². The van der Waals surface area contributed by atoms with Gasteiger partial charge in [-0.15, -0.1) is 0 Å². The van der Waals surface area contributed by atoms with Crippen molar-refractivity contribution in [2.24, 2.45) is 12.8 Å². The molecule has 0 atom stereocenters. The van der Waals surface area contributed by atoms with Crippen molar-refractivity contribution in [2.45, 2.75) is 18.5 Å². The molecule has 3 aromatic rings. The van der Waals surface area contributed by atoms with E-state index >= 15 is 0 Å². The summed E-state index contributed by atoms with van der Waals surface area (Å²) in [4.78, 5) is 20.4. The van der Waals surface area contributed by atoms with Crippen molar-refractivity contribution < 1.29 is 9.18 Å². The second-order valence-electron chi connectivity index (χ2n) is 6.85. The van der Waals surface area contributed by atoms with Crippen molar-refractivity contribution in [3.05, 3.63) is 30.5 Å². The van der Waals surface area contributed by atoms with Crippen LogP contribution in [0.15, 0.2) is 24.8 Å². The number of anilines is 1. The monoisotopic (exact) mass is 372 g/mol. The van der Waals surface area contributed by atoms with Crippen molar-refractivity contribution >= 4 is 17.4 Å². The first-order chi connectivity index (χ1) is 12.9. The number of nitrogens with zero attached hydrogens (tertiary/aromatic N) is 5. The van der Waals surface area contributed by atoms with E-state index in [1.807, 2.05) is 13.2 Å². The second kappa shape index (κ2) is 6.62. The molecule has 142 valence electrons. The molecule has 27 heavy (non-hydrogen) atoms.